The lowest BCUT2D eigenvalue weighted by atomic mass is 9.82. The Bertz CT molecular complexity index is 1370. The van der Waals surface area contributed by atoms with Gasteiger partial charge in [-0.2, -0.15) is 0 Å². The number of nitrogens with one attached hydrogen (secondary N) is 1. The van der Waals surface area contributed by atoms with Gasteiger partial charge in [0.1, 0.15) is 0 Å². The highest BCUT2D eigenvalue weighted by atomic mass is 16.6. The summed E-state index contributed by atoms with van der Waals surface area (Å²) in [6, 6.07) is 10.2. The minimum absolute atomic E-state index is 0.0723. The average Bonchev–Trinajstić information content (AvgIpc) is 3.48. The monoisotopic (exact) mass is 489 g/mol. The summed E-state index contributed by atoms with van der Waals surface area (Å²) in [7, 11) is 0. The summed E-state index contributed by atoms with van der Waals surface area (Å²) in [4.78, 5) is 62.8. The van der Waals surface area contributed by atoms with Gasteiger partial charge in [-0.15, -0.1) is 0 Å². The topological polar surface area (TPSA) is 136 Å². The number of esters is 1. The van der Waals surface area contributed by atoms with Crippen molar-refractivity contribution >= 4 is 40.8 Å². The number of aryl methyl sites for hydroxylation is 1. The number of nitro groups is 1. The first kappa shape index (κ1) is 23.4. The molecule has 4 atom stereocenters. The van der Waals surface area contributed by atoms with E-state index in [2.05, 4.69) is 11.4 Å². The lowest BCUT2D eigenvalue weighted by Gasteiger charge is -2.19. The van der Waals surface area contributed by atoms with E-state index in [1.54, 1.807) is 19.1 Å². The summed E-state index contributed by atoms with van der Waals surface area (Å²) >= 11 is 0. The van der Waals surface area contributed by atoms with Gasteiger partial charge in [0.05, 0.1) is 28.0 Å². The van der Waals surface area contributed by atoms with Crippen LogP contribution in [0.2, 0.25) is 0 Å². The van der Waals surface area contributed by atoms with Gasteiger partial charge in [-0.1, -0.05) is 23.8 Å². The number of carbonyl (C=O) groups is 4. The zero-order valence-electron chi connectivity index (χ0n) is 19.6. The minimum Gasteiger partial charge on any atom is -0.452 e. The van der Waals surface area contributed by atoms with Crippen LogP contribution in [0.5, 0.6) is 0 Å². The minimum atomic E-state index is -0.807. The van der Waals surface area contributed by atoms with Gasteiger partial charge < -0.3 is 10.1 Å². The van der Waals surface area contributed by atoms with Crippen LogP contribution in [-0.4, -0.2) is 35.2 Å². The third-order valence-electron chi connectivity index (χ3n) is 7.24. The van der Waals surface area contributed by atoms with E-state index in [1.807, 2.05) is 6.92 Å². The molecule has 5 rings (SSSR count). The molecule has 1 heterocycles. The average molecular weight is 489 g/mol. The number of ether oxygens (including phenoxy) is 1. The molecule has 3 aliphatic rings. The van der Waals surface area contributed by atoms with Gasteiger partial charge in [0.15, 0.2) is 6.61 Å². The predicted molar refractivity (Wildman–Crippen MR) is 128 cm³/mol. The number of nitrogens with zero attached hydrogens (tertiary/aromatic N) is 2. The second-order valence-corrected chi connectivity index (χ2v) is 9.41. The normalized spacial score (nSPS) is 23.9. The number of allylic oxidation sites excluding steroid dienone is 2. The van der Waals surface area contributed by atoms with Gasteiger partial charge in [-0.3, -0.25) is 24.5 Å². The number of imide groups is 1. The Kier molecular flexibility index (Phi) is 5.66. The van der Waals surface area contributed by atoms with Crippen molar-refractivity contribution in [3.63, 3.8) is 0 Å². The Morgan fingerprint density at radius 2 is 1.86 bits per heavy atom. The molecule has 0 unspecified atom stereocenters. The highest BCUT2D eigenvalue weighted by Gasteiger charge is 2.60. The summed E-state index contributed by atoms with van der Waals surface area (Å²) < 4.78 is 5.09. The molecular formula is C26H23N3O7. The van der Waals surface area contributed by atoms with Crippen molar-refractivity contribution in [1.82, 2.24) is 0 Å². The first-order valence-corrected chi connectivity index (χ1v) is 11.5. The summed E-state index contributed by atoms with van der Waals surface area (Å²) in [6.07, 6.45) is 2.92. The molecule has 0 spiro atoms. The van der Waals surface area contributed by atoms with Gasteiger partial charge in [0, 0.05) is 17.3 Å². The maximum atomic E-state index is 13.2. The largest absolute Gasteiger partial charge is 0.452 e. The molecule has 184 valence electrons. The lowest BCUT2D eigenvalue weighted by molar-refractivity contribution is -0.385. The second-order valence-electron chi connectivity index (χ2n) is 9.41. The Morgan fingerprint density at radius 1 is 1.11 bits per heavy atom. The van der Waals surface area contributed by atoms with Crippen LogP contribution in [0.4, 0.5) is 17.1 Å². The smallest absolute Gasteiger partial charge is 0.338 e. The second kappa shape index (κ2) is 8.71. The number of fused-ring (bicyclic) bond motifs is 5. The number of carbonyl (C=O) groups excluding carboxylic acids is 4. The molecule has 2 aromatic rings. The number of nitro benzene ring substituents is 1. The summed E-state index contributed by atoms with van der Waals surface area (Å²) in [5, 5.41) is 13.5. The molecular weight excluding hydrogens is 466 g/mol. The third-order valence-corrected chi connectivity index (χ3v) is 7.24. The molecule has 3 amide bonds. The van der Waals surface area contributed by atoms with Crippen molar-refractivity contribution < 1.29 is 28.8 Å². The molecule has 2 aromatic carbocycles. The van der Waals surface area contributed by atoms with E-state index in [0.29, 0.717) is 11.3 Å². The number of anilines is 2. The van der Waals surface area contributed by atoms with Crippen LogP contribution in [-0.2, 0) is 19.1 Å². The van der Waals surface area contributed by atoms with Gasteiger partial charge >= 0.3 is 5.97 Å². The highest BCUT2D eigenvalue weighted by Crippen LogP contribution is 2.55. The Morgan fingerprint density at radius 3 is 2.61 bits per heavy atom. The van der Waals surface area contributed by atoms with Gasteiger partial charge in [-0.25, -0.2) is 9.69 Å². The van der Waals surface area contributed by atoms with E-state index in [1.165, 1.54) is 30.3 Å². The van der Waals surface area contributed by atoms with Gasteiger partial charge in [-0.05, 0) is 56.4 Å². The Labute approximate surface area is 206 Å². The standard InChI is InChI=1S/C26H23N3O7/c1-13-6-7-17(11-20(13)29(34)35)27-21(30)12-36-26(33)15-4-3-5-18(9-15)28-24(31)22-16-8-14(2)19(10-16)23(22)25(28)32/h3-9,11,16,19,22-23H,10,12H2,1-2H3,(H,27,30)/t16-,19+,22-,23-/m0/s1. The number of amides is 3. The fourth-order valence-corrected chi connectivity index (χ4v) is 5.60. The van der Waals surface area contributed by atoms with E-state index < -0.39 is 23.4 Å². The van der Waals surface area contributed by atoms with Crippen LogP contribution >= 0.6 is 0 Å². The molecule has 2 fully saturated rings. The fraction of sp³-hybridized carbons (Fsp3) is 0.308. The van der Waals surface area contributed by atoms with E-state index in [4.69, 9.17) is 4.74 Å². The zero-order chi connectivity index (χ0) is 25.7. The first-order chi connectivity index (χ1) is 17.2. The Balaban J connectivity index is 1.24. The van der Waals surface area contributed by atoms with Crippen LogP contribution in [0, 0.1) is 40.7 Å². The molecule has 2 bridgehead atoms. The van der Waals surface area contributed by atoms with Crippen LogP contribution in [0.1, 0.15) is 29.3 Å². The fourth-order valence-electron chi connectivity index (χ4n) is 5.60. The number of rotatable bonds is 6. The number of hydrogen-bond acceptors (Lipinski definition) is 7. The van der Waals surface area contributed by atoms with E-state index in [-0.39, 0.29) is 52.4 Å². The molecule has 1 saturated carbocycles. The number of hydrogen-bond donors (Lipinski definition) is 1. The lowest BCUT2D eigenvalue weighted by Crippen LogP contribution is -2.33. The first-order valence-electron chi connectivity index (χ1n) is 11.5. The summed E-state index contributed by atoms with van der Waals surface area (Å²) in [5.74, 6) is -2.54. The third kappa shape index (κ3) is 3.84. The molecule has 1 saturated heterocycles. The highest BCUT2D eigenvalue weighted by molar-refractivity contribution is 6.23. The van der Waals surface area contributed by atoms with E-state index in [9.17, 15) is 29.3 Å². The van der Waals surface area contributed by atoms with Crippen molar-refractivity contribution in [3.8, 4) is 0 Å². The quantitative estimate of drug-likeness (QED) is 0.216. The molecule has 2 aliphatic carbocycles. The molecule has 10 heteroatoms. The van der Waals surface area contributed by atoms with Crippen molar-refractivity contribution in [1.29, 1.82) is 0 Å². The molecule has 1 aliphatic heterocycles. The van der Waals surface area contributed by atoms with Crippen molar-refractivity contribution in [3.05, 3.63) is 75.4 Å². The molecule has 36 heavy (non-hydrogen) atoms. The van der Waals surface area contributed by atoms with Crippen molar-refractivity contribution in [2.24, 2.45) is 23.7 Å². The SMILES string of the molecule is CC1=C[C@H]2C[C@H]1[C@@H]1C(=O)N(c3cccc(C(=O)OCC(=O)Nc4ccc(C)c([N+](=O)[O-])c4)c3)C(=O)[C@H]12. The maximum Gasteiger partial charge on any atom is 0.338 e. The van der Waals surface area contributed by atoms with E-state index in [0.717, 1.165) is 16.9 Å². The van der Waals surface area contributed by atoms with Crippen molar-refractivity contribution in [2.75, 3.05) is 16.8 Å². The van der Waals surface area contributed by atoms with Crippen LogP contribution in [0.3, 0.4) is 0 Å². The maximum absolute atomic E-state index is 13.2. The van der Waals surface area contributed by atoms with Gasteiger partial charge in [0.25, 0.3) is 11.6 Å². The Hall–Kier alpha value is -4.34. The molecule has 10 nitrogen and oxygen atoms in total. The van der Waals surface area contributed by atoms with Gasteiger partial charge in [0.2, 0.25) is 11.8 Å². The van der Waals surface area contributed by atoms with Crippen molar-refractivity contribution in [2.45, 2.75) is 20.3 Å². The van der Waals surface area contributed by atoms with Crippen LogP contribution in [0.25, 0.3) is 0 Å². The van der Waals surface area contributed by atoms with Crippen LogP contribution < -0.4 is 10.2 Å². The summed E-state index contributed by atoms with van der Waals surface area (Å²) in [5.41, 5.74) is 2.03. The zero-order valence-corrected chi connectivity index (χ0v) is 19.6. The number of benzene rings is 2. The molecule has 0 aromatic heterocycles. The molecule has 1 N–H and O–H groups in total. The predicted octanol–water partition coefficient (Wildman–Crippen LogP) is 3.40. The summed E-state index contributed by atoms with van der Waals surface area (Å²) in [6.45, 7) is 2.95. The van der Waals surface area contributed by atoms with Crippen LogP contribution in [0.15, 0.2) is 54.1 Å². The van der Waals surface area contributed by atoms with E-state index >= 15 is 0 Å². The molecule has 0 radical (unpaired) electrons.